The molecule has 0 atom stereocenters. The molecule has 0 bridgehead atoms. The standard InChI is InChI=1S/C12H12BrF3N4/c1-6(2)10-11(17)18-19-20(10)9-4-3-7(13)5-8(9)12(14,15)16/h3-6H,17H2,1-2H3. The maximum Gasteiger partial charge on any atom is 0.418 e. The molecule has 0 radical (unpaired) electrons. The second kappa shape index (κ2) is 5.08. The van der Waals surface area contributed by atoms with Crippen LogP contribution in [0, 0.1) is 0 Å². The van der Waals surface area contributed by atoms with Crippen molar-refractivity contribution in [3.63, 3.8) is 0 Å². The fraction of sp³-hybridized carbons (Fsp3) is 0.333. The van der Waals surface area contributed by atoms with Crippen LogP contribution in [0.1, 0.15) is 31.0 Å². The Kier molecular flexibility index (Phi) is 3.77. The van der Waals surface area contributed by atoms with Crippen molar-refractivity contribution >= 4 is 21.7 Å². The number of hydrogen-bond acceptors (Lipinski definition) is 3. The SMILES string of the molecule is CC(C)c1c(N)nnn1-c1ccc(Br)cc1C(F)(F)F. The van der Waals surface area contributed by atoms with Gasteiger partial charge >= 0.3 is 6.18 Å². The van der Waals surface area contributed by atoms with Crippen molar-refractivity contribution in [3.05, 3.63) is 33.9 Å². The minimum absolute atomic E-state index is 0.0893. The average Bonchev–Trinajstić information content (AvgIpc) is 2.70. The van der Waals surface area contributed by atoms with Gasteiger partial charge in [-0.25, -0.2) is 4.68 Å². The third-order valence-electron chi connectivity index (χ3n) is 2.77. The molecule has 2 N–H and O–H groups in total. The molecule has 0 aliphatic rings. The van der Waals surface area contributed by atoms with Crippen LogP contribution >= 0.6 is 15.9 Å². The highest BCUT2D eigenvalue weighted by Crippen LogP contribution is 2.36. The predicted molar refractivity (Wildman–Crippen MR) is 72.6 cm³/mol. The number of rotatable bonds is 2. The molecule has 1 aromatic heterocycles. The molecule has 2 rings (SSSR count). The molecule has 0 unspecified atom stereocenters. The van der Waals surface area contributed by atoms with E-state index in [0.29, 0.717) is 10.2 Å². The Bertz CT molecular complexity index is 634. The molecule has 20 heavy (non-hydrogen) atoms. The summed E-state index contributed by atoms with van der Waals surface area (Å²) in [4.78, 5) is 0. The fourth-order valence-electron chi connectivity index (χ4n) is 1.94. The molecule has 0 spiro atoms. The summed E-state index contributed by atoms with van der Waals surface area (Å²) in [5.74, 6) is 0.0331. The number of nitrogens with zero attached hydrogens (tertiary/aromatic N) is 3. The lowest BCUT2D eigenvalue weighted by Gasteiger charge is -2.16. The number of anilines is 1. The van der Waals surface area contributed by atoms with Crippen LogP contribution in [0.3, 0.4) is 0 Å². The van der Waals surface area contributed by atoms with E-state index < -0.39 is 11.7 Å². The first kappa shape index (κ1) is 14.8. The summed E-state index contributed by atoms with van der Waals surface area (Å²) >= 11 is 3.04. The molecule has 1 heterocycles. The first-order valence-corrected chi connectivity index (χ1v) is 6.59. The van der Waals surface area contributed by atoms with Crippen LogP contribution in [-0.4, -0.2) is 15.0 Å². The van der Waals surface area contributed by atoms with Gasteiger partial charge in [-0.3, -0.25) is 0 Å². The molecule has 0 saturated carbocycles. The molecule has 108 valence electrons. The maximum absolute atomic E-state index is 13.1. The zero-order valence-corrected chi connectivity index (χ0v) is 12.3. The number of nitrogens with two attached hydrogens (primary N) is 1. The first-order chi connectivity index (χ1) is 9.21. The predicted octanol–water partition coefficient (Wildman–Crippen LogP) is 3.75. The maximum atomic E-state index is 13.1. The van der Waals surface area contributed by atoms with Crippen molar-refractivity contribution in [2.45, 2.75) is 25.9 Å². The number of alkyl halides is 3. The lowest BCUT2D eigenvalue weighted by Crippen LogP contribution is -2.14. The van der Waals surface area contributed by atoms with Crippen LogP contribution in [0.5, 0.6) is 0 Å². The van der Waals surface area contributed by atoms with E-state index in [1.807, 2.05) is 13.8 Å². The summed E-state index contributed by atoms with van der Waals surface area (Å²) in [5, 5.41) is 7.41. The molecule has 8 heteroatoms. The third-order valence-corrected chi connectivity index (χ3v) is 3.26. The quantitative estimate of drug-likeness (QED) is 0.898. The van der Waals surface area contributed by atoms with Gasteiger partial charge in [0.25, 0.3) is 0 Å². The number of benzene rings is 1. The van der Waals surface area contributed by atoms with E-state index in [-0.39, 0.29) is 17.4 Å². The summed E-state index contributed by atoms with van der Waals surface area (Å²) in [7, 11) is 0. The zero-order chi connectivity index (χ0) is 15.1. The molecule has 0 aliphatic heterocycles. The largest absolute Gasteiger partial charge is 0.418 e. The van der Waals surface area contributed by atoms with E-state index in [4.69, 9.17) is 5.73 Å². The van der Waals surface area contributed by atoms with E-state index in [1.165, 1.54) is 12.1 Å². The summed E-state index contributed by atoms with van der Waals surface area (Å²) < 4.78 is 40.9. The number of nitrogen functional groups attached to an aromatic ring is 1. The van der Waals surface area contributed by atoms with Gasteiger partial charge in [-0.2, -0.15) is 13.2 Å². The van der Waals surface area contributed by atoms with Crippen LogP contribution in [-0.2, 0) is 6.18 Å². The lowest BCUT2D eigenvalue weighted by molar-refractivity contribution is -0.137. The highest BCUT2D eigenvalue weighted by Gasteiger charge is 2.35. The molecule has 1 aromatic carbocycles. The molecule has 0 saturated heterocycles. The molecular weight excluding hydrogens is 337 g/mol. The van der Waals surface area contributed by atoms with Gasteiger partial charge < -0.3 is 5.73 Å². The third kappa shape index (κ3) is 2.65. The Morgan fingerprint density at radius 3 is 2.50 bits per heavy atom. The van der Waals surface area contributed by atoms with Gasteiger partial charge in [0.1, 0.15) is 0 Å². The van der Waals surface area contributed by atoms with Crippen LogP contribution in [0.4, 0.5) is 19.0 Å². The normalized spacial score (nSPS) is 12.2. The Morgan fingerprint density at radius 2 is 1.95 bits per heavy atom. The number of hydrogen-bond donors (Lipinski definition) is 1. The summed E-state index contributed by atoms with van der Waals surface area (Å²) in [6.45, 7) is 3.63. The van der Waals surface area contributed by atoms with E-state index in [0.717, 1.165) is 10.7 Å². The minimum atomic E-state index is -4.49. The van der Waals surface area contributed by atoms with Crippen LogP contribution in [0.15, 0.2) is 22.7 Å². The Morgan fingerprint density at radius 1 is 1.30 bits per heavy atom. The Hall–Kier alpha value is -1.57. The minimum Gasteiger partial charge on any atom is -0.381 e. The van der Waals surface area contributed by atoms with Crippen molar-refractivity contribution in [1.82, 2.24) is 15.0 Å². The van der Waals surface area contributed by atoms with Crippen molar-refractivity contribution in [1.29, 1.82) is 0 Å². The molecule has 0 amide bonds. The van der Waals surface area contributed by atoms with Gasteiger partial charge in [-0.15, -0.1) is 5.10 Å². The van der Waals surface area contributed by atoms with Crippen molar-refractivity contribution < 1.29 is 13.2 Å². The van der Waals surface area contributed by atoms with Crippen molar-refractivity contribution in [2.24, 2.45) is 0 Å². The van der Waals surface area contributed by atoms with Crippen molar-refractivity contribution in [3.8, 4) is 5.69 Å². The van der Waals surface area contributed by atoms with E-state index in [9.17, 15) is 13.2 Å². The summed E-state index contributed by atoms with van der Waals surface area (Å²) in [6.07, 6.45) is -4.49. The second-order valence-corrected chi connectivity index (χ2v) is 5.50. The van der Waals surface area contributed by atoms with Crippen molar-refractivity contribution in [2.75, 3.05) is 5.73 Å². The van der Waals surface area contributed by atoms with Gasteiger partial charge in [-0.05, 0) is 24.1 Å². The molecule has 0 fully saturated rings. The average molecular weight is 349 g/mol. The lowest BCUT2D eigenvalue weighted by atomic mass is 10.1. The van der Waals surface area contributed by atoms with Crippen LogP contribution < -0.4 is 5.73 Å². The summed E-state index contributed by atoms with van der Waals surface area (Å²) in [6, 6.07) is 3.87. The topological polar surface area (TPSA) is 56.7 Å². The number of aromatic nitrogens is 3. The molecular formula is C12H12BrF3N4. The van der Waals surface area contributed by atoms with E-state index in [2.05, 4.69) is 26.2 Å². The number of halogens is 4. The van der Waals surface area contributed by atoms with Crippen LogP contribution in [0.2, 0.25) is 0 Å². The smallest absolute Gasteiger partial charge is 0.381 e. The van der Waals surface area contributed by atoms with E-state index >= 15 is 0 Å². The first-order valence-electron chi connectivity index (χ1n) is 5.80. The summed E-state index contributed by atoms with van der Waals surface area (Å²) in [5.41, 5.74) is 5.26. The highest BCUT2D eigenvalue weighted by atomic mass is 79.9. The van der Waals surface area contributed by atoms with Gasteiger partial charge in [0.05, 0.1) is 16.9 Å². The van der Waals surface area contributed by atoms with Gasteiger partial charge in [0.2, 0.25) is 0 Å². The van der Waals surface area contributed by atoms with Gasteiger partial charge in [0, 0.05) is 4.47 Å². The Balaban J connectivity index is 2.71. The highest BCUT2D eigenvalue weighted by molar-refractivity contribution is 9.10. The fourth-order valence-corrected chi connectivity index (χ4v) is 2.30. The molecule has 4 nitrogen and oxygen atoms in total. The van der Waals surface area contributed by atoms with Gasteiger partial charge in [-0.1, -0.05) is 35.0 Å². The molecule has 2 aromatic rings. The van der Waals surface area contributed by atoms with E-state index in [1.54, 1.807) is 0 Å². The second-order valence-electron chi connectivity index (χ2n) is 4.59. The zero-order valence-electron chi connectivity index (χ0n) is 10.7. The molecule has 0 aliphatic carbocycles. The monoisotopic (exact) mass is 348 g/mol. The van der Waals surface area contributed by atoms with Gasteiger partial charge in [0.15, 0.2) is 5.82 Å². The van der Waals surface area contributed by atoms with Crippen LogP contribution in [0.25, 0.3) is 5.69 Å². The Labute approximate surface area is 121 Å².